The molecule has 0 aliphatic carbocycles. The molecule has 0 spiro atoms. The molecule has 0 unspecified atom stereocenters. The van der Waals surface area contributed by atoms with E-state index in [1.165, 1.54) is 11.1 Å². The molecule has 0 saturated carbocycles. The van der Waals surface area contributed by atoms with Crippen LogP contribution in [0.2, 0.25) is 0 Å². The fraction of sp³-hybridized carbons (Fsp3) is 0.320. The van der Waals surface area contributed by atoms with Crippen molar-refractivity contribution in [3.8, 4) is 5.69 Å². The lowest BCUT2D eigenvalue weighted by molar-refractivity contribution is -0.118. The predicted octanol–water partition coefficient (Wildman–Crippen LogP) is 2.95. The molecule has 3 aromatic rings. The number of rotatable bonds is 8. The first-order chi connectivity index (χ1) is 15.7. The average Bonchev–Trinajstić information content (AvgIpc) is 3.51. The first kappa shape index (κ1) is 21.6. The molecule has 1 aliphatic heterocycles. The summed E-state index contributed by atoms with van der Waals surface area (Å²) >= 11 is 0. The zero-order valence-corrected chi connectivity index (χ0v) is 18.5. The third-order valence-electron chi connectivity index (χ3n) is 5.68. The van der Waals surface area contributed by atoms with Crippen LogP contribution in [0.15, 0.2) is 72.0 Å². The van der Waals surface area contributed by atoms with Crippen LogP contribution >= 0.6 is 0 Å². The standard InChI is InChI=1S/C25H30N6O/c1-26-25(28-17-13-20-9-11-22(12-10-20)31-18-5-16-29-31)27-15-4-8-24(32)30-19-14-21-6-2-3-7-23(21)30/h2-3,5-7,9-12,16,18H,4,8,13-15,17,19H2,1H3,(H2,26,27,28). The Bertz CT molecular complexity index is 1040. The van der Waals surface area contributed by atoms with Crippen LogP contribution in [0.3, 0.4) is 0 Å². The molecule has 166 valence electrons. The Morgan fingerprint density at radius 3 is 2.66 bits per heavy atom. The van der Waals surface area contributed by atoms with Crippen molar-refractivity contribution in [1.82, 2.24) is 20.4 Å². The van der Waals surface area contributed by atoms with Crippen molar-refractivity contribution in [2.45, 2.75) is 25.7 Å². The van der Waals surface area contributed by atoms with Gasteiger partial charge >= 0.3 is 0 Å². The second-order valence-electron chi connectivity index (χ2n) is 7.82. The Balaban J connectivity index is 1.15. The highest BCUT2D eigenvalue weighted by Gasteiger charge is 2.23. The summed E-state index contributed by atoms with van der Waals surface area (Å²) in [5.74, 6) is 0.954. The third kappa shape index (κ3) is 5.35. The van der Waals surface area contributed by atoms with Gasteiger partial charge in [0.05, 0.1) is 5.69 Å². The minimum Gasteiger partial charge on any atom is -0.356 e. The van der Waals surface area contributed by atoms with E-state index in [1.807, 2.05) is 40.0 Å². The van der Waals surface area contributed by atoms with Gasteiger partial charge in [0.15, 0.2) is 5.96 Å². The first-order valence-electron chi connectivity index (χ1n) is 11.2. The summed E-state index contributed by atoms with van der Waals surface area (Å²) in [5.41, 5.74) is 4.64. The van der Waals surface area contributed by atoms with Crippen molar-refractivity contribution in [2.24, 2.45) is 4.99 Å². The Labute approximate surface area is 189 Å². The summed E-state index contributed by atoms with van der Waals surface area (Å²) in [6, 6.07) is 18.5. The number of nitrogens with one attached hydrogen (secondary N) is 2. The van der Waals surface area contributed by atoms with Crippen LogP contribution in [-0.4, -0.2) is 48.3 Å². The zero-order valence-electron chi connectivity index (χ0n) is 18.5. The number of carbonyl (C=O) groups excluding carboxylic acids is 1. The molecule has 2 N–H and O–H groups in total. The van der Waals surface area contributed by atoms with Gasteiger partial charge in [-0.2, -0.15) is 5.10 Å². The van der Waals surface area contributed by atoms with Gasteiger partial charge in [0.1, 0.15) is 0 Å². The molecule has 4 rings (SSSR count). The van der Waals surface area contributed by atoms with Crippen LogP contribution in [-0.2, 0) is 17.6 Å². The van der Waals surface area contributed by atoms with Crippen molar-refractivity contribution in [3.05, 3.63) is 78.1 Å². The van der Waals surface area contributed by atoms with E-state index in [4.69, 9.17) is 0 Å². The zero-order chi connectivity index (χ0) is 22.2. The molecule has 2 heterocycles. The van der Waals surface area contributed by atoms with E-state index in [2.05, 4.69) is 51.1 Å². The van der Waals surface area contributed by atoms with E-state index in [0.717, 1.165) is 49.7 Å². The van der Waals surface area contributed by atoms with Crippen molar-refractivity contribution >= 4 is 17.6 Å². The number of anilines is 1. The lowest BCUT2D eigenvalue weighted by atomic mass is 10.1. The maximum Gasteiger partial charge on any atom is 0.227 e. The molecule has 1 amide bonds. The van der Waals surface area contributed by atoms with E-state index in [9.17, 15) is 4.79 Å². The molecule has 0 atom stereocenters. The molecule has 1 aliphatic rings. The molecule has 2 aromatic carbocycles. The third-order valence-corrected chi connectivity index (χ3v) is 5.68. The van der Waals surface area contributed by atoms with E-state index in [0.29, 0.717) is 13.0 Å². The normalized spacial score (nSPS) is 13.2. The Morgan fingerprint density at radius 2 is 1.88 bits per heavy atom. The number of hydrogen-bond acceptors (Lipinski definition) is 3. The number of nitrogens with zero attached hydrogens (tertiary/aromatic N) is 4. The molecular weight excluding hydrogens is 400 g/mol. The quantitative estimate of drug-likeness (QED) is 0.327. The minimum absolute atomic E-state index is 0.193. The molecule has 7 nitrogen and oxygen atoms in total. The first-order valence-corrected chi connectivity index (χ1v) is 11.2. The van der Waals surface area contributed by atoms with E-state index in [-0.39, 0.29) is 5.91 Å². The molecule has 0 bridgehead atoms. The maximum atomic E-state index is 12.6. The number of aromatic nitrogens is 2. The maximum absolute atomic E-state index is 12.6. The molecule has 0 saturated heterocycles. The summed E-state index contributed by atoms with van der Waals surface area (Å²) < 4.78 is 1.85. The topological polar surface area (TPSA) is 74.6 Å². The second-order valence-corrected chi connectivity index (χ2v) is 7.82. The van der Waals surface area contributed by atoms with Crippen molar-refractivity contribution < 1.29 is 4.79 Å². The molecule has 32 heavy (non-hydrogen) atoms. The van der Waals surface area contributed by atoms with Crippen LogP contribution in [0, 0.1) is 0 Å². The molecule has 1 aromatic heterocycles. The van der Waals surface area contributed by atoms with Gasteiger partial charge in [-0.3, -0.25) is 9.79 Å². The number of fused-ring (bicyclic) bond motifs is 1. The van der Waals surface area contributed by atoms with Gasteiger partial charge in [-0.15, -0.1) is 0 Å². The lowest BCUT2D eigenvalue weighted by Gasteiger charge is -2.17. The van der Waals surface area contributed by atoms with Gasteiger partial charge in [-0.1, -0.05) is 30.3 Å². The van der Waals surface area contributed by atoms with Gasteiger partial charge in [-0.05, 0) is 54.7 Å². The highest BCUT2D eigenvalue weighted by Crippen LogP contribution is 2.27. The highest BCUT2D eigenvalue weighted by molar-refractivity contribution is 5.95. The molecule has 0 radical (unpaired) electrons. The summed E-state index contributed by atoms with van der Waals surface area (Å²) in [6.07, 6.45) is 6.85. The summed E-state index contributed by atoms with van der Waals surface area (Å²) in [4.78, 5) is 18.8. The lowest BCUT2D eigenvalue weighted by Crippen LogP contribution is -2.39. The minimum atomic E-state index is 0.193. The van der Waals surface area contributed by atoms with Crippen molar-refractivity contribution in [1.29, 1.82) is 0 Å². The second kappa shape index (κ2) is 10.6. The summed E-state index contributed by atoms with van der Waals surface area (Å²) in [6.45, 7) is 2.28. The fourth-order valence-electron chi connectivity index (χ4n) is 3.96. The Hall–Kier alpha value is -3.61. The van der Waals surface area contributed by atoms with Gasteiger partial charge in [0, 0.05) is 51.2 Å². The number of hydrogen-bond donors (Lipinski definition) is 2. The number of guanidine groups is 1. The van der Waals surface area contributed by atoms with Gasteiger partial charge in [0.25, 0.3) is 0 Å². The van der Waals surface area contributed by atoms with E-state index < -0.39 is 0 Å². The molecule has 0 fully saturated rings. The number of amides is 1. The van der Waals surface area contributed by atoms with Crippen molar-refractivity contribution in [2.75, 3.05) is 31.6 Å². The summed E-state index contributed by atoms with van der Waals surface area (Å²) in [5, 5.41) is 10.9. The summed E-state index contributed by atoms with van der Waals surface area (Å²) in [7, 11) is 1.76. The van der Waals surface area contributed by atoms with Crippen LogP contribution < -0.4 is 15.5 Å². The van der Waals surface area contributed by atoms with Crippen LogP contribution in [0.5, 0.6) is 0 Å². The van der Waals surface area contributed by atoms with Gasteiger partial charge < -0.3 is 15.5 Å². The number of para-hydroxylation sites is 1. The molecular formula is C25H30N6O. The number of carbonyl (C=O) groups is 1. The van der Waals surface area contributed by atoms with Gasteiger partial charge in [0.2, 0.25) is 5.91 Å². The van der Waals surface area contributed by atoms with Crippen LogP contribution in [0.1, 0.15) is 24.0 Å². The van der Waals surface area contributed by atoms with Crippen molar-refractivity contribution in [3.63, 3.8) is 0 Å². The van der Waals surface area contributed by atoms with Crippen LogP contribution in [0.25, 0.3) is 5.69 Å². The smallest absolute Gasteiger partial charge is 0.227 e. The average molecular weight is 431 g/mol. The largest absolute Gasteiger partial charge is 0.356 e. The van der Waals surface area contributed by atoms with E-state index >= 15 is 0 Å². The number of benzene rings is 2. The fourth-order valence-corrected chi connectivity index (χ4v) is 3.96. The monoisotopic (exact) mass is 430 g/mol. The molecule has 7 heteroatoms. The Morgan fingerprint density at radius 1 is 1.06 bits per heavy atom. The van der Waals surface area contributed by atoms with Crippen LogP contribution in [0.4, 0.5) is 5.69 Å². The van der Waals surface area contributed by atoms with E-state index in [1.54, 1.807) is 13.2 Å². The number of aliphatic imine (C=N–C) groups is 1. The Kier molecular flexibility index (Phi) is 7.17. The highest BCUT2D eigenvalue weighted by atomic mass is 16.2. The SMILES string of the molecule is CN=C(NCCCC(=O)N1CCc2ccccc21)NCCc1ccc(-n2cccn2)cc1. The van der Waals surface area contributed by atoms with Gasteiger partial charge in [-0.25, -0.2) is 4.68 Å². The predicted molar refractivity (Wildman–Crippen MR) is 128 cm³/mol.